The van der Waals surface area contributed by atoms with Crippen LogP contribution in [0, 0.1) is 0 Å². The molecule has 0 radical (unpaired) electrons. The van der Waals surface area contributed by atoms with E-state index in [1.54, 1.807) is 0 Å². The van der Waals surface area contributed by atoms with Crippen LogP contribution in [0.1, 0.15) is 18.5 Å². The van der Waals surface area contributed by atoms with Crippen LogP contribution < -0.4 is 0 Å². The number of aryl methyl sites for hydroxylation is 2. The van der Waals surface area contributed by atoms with E-state index in [2.05, 4.69) is 69.5 Å². The molecule has 0 bridgehead atoms. The fourth-order valence-corrected chi connectivity index (χ4v) is 3.90. The summed E-state index contributed by atoms with van der Waals surface area (Å²) in [6.45, 7) is 1.09. The molecule has 0 unspecified atom stereocenters. The van der Waals surface area contributed by atoms with Crippen LogP contribution in [0.2, 0.25) is 0 Å². The molecule has 5 rings (SSSR count). The molecule has 0 N–H and O–H groups in total. The first-order valence-corrected chi connectivity index (χ1v) is 8.91. The number of nitrogens with zero attached hydrogens (tertiary/aromatic N) is 3. The third-order valence-corrected chi connectivity index (χ3v) is 5.09. The van der Waals surface area contributed by atoms with Crippen molar-refractivity contribution in [1.82, 2.24) is 14.8 Å². The van der Waals surface area contributed by atoms with Gasteiger partial charge >= 0.3 is 0 Å². The highest BCUT2D eigenvalue weighted by Crippen LogP contribution is 2.37. The molecule has 0 atom stereocenters. The van der Waals surface area contributed by atoms with Crippen LogP contribution >= 0.6 is 0 Å². The van der Waals surface area contributed by atoms with Crippen LogP contribution in [0.5, 0.6) is 0 Å². The van der Waals surface area contributed by atoms with Crippen LogP contribution in [0.15, 0.2) is 66.9 Å². The highest BCUT2D eigenvalue weighted by atomic mass is 15.1. The van der Waals surface area contributed by atoms with Crippen molar-refractivity contribution in [2.24, 2.45) is 0 Å². The zero-order valence-corrected chi connectivity index (χ0v) is 14.0. The highest BCUT2D eigenvalue weighted by molar-refractivity contribution is 6.03. The molecule has 25 heavy (non-hydrogen) atoms. The lowest BCUT2D eigenvalue weighted by molar-refractivity contribution is 0.536. The van der Waals surface area contributed by atoms with E-state index in [1.807, 2.05) is 12.1 Å². The normalized spacial score (nSPS) is 13.8. The highest BCUT2D eigenvalue weighted by Gasteiger charge is 2.21. The monoisotopic (exact) mass is 325 g/mol. The lowest BCUT2D eigenvalue weighted by atomic mass is 10.00. The van der Waals surface area contributed by atoms with Crippen molar-refractivity contribution in [1.29, 1.82) is 0 Å². The molecule has 1 aliphatic rings. The van der Waals surface area contributed by atoms with Crippen LogP contribution in [0.4, 0.5) is 0 Å². The number of hydrogen-bond donors (Lipinski definition) is 0. The van der Waals surface area contributed by atoms with Gasteiger partial charge in [-0.25, -0.2) is 0 Å². The van der Waals surface area contributed by atoms with Gasteiger partial charge in [-0.15, -0.1) is 10.2 Å². The number of aromatic nitrogens is 3. The molecule has 0 amide bonds. The molecule has 4 aromatic rings. The van der Waals surface area contributed by atoms with Crippen LogP contribution in [-0.2, 0) is 13.0 Å². The summed E-state index contributed by atoms with van der Waals surface area (Å²) in [5.74, 6) is 0. The summed E-state index contributed by atoms with van der Waals surface area (Å²) in [5, 5.41) is 11.8. The van der Waals surface area contributed by atoms with Gasteiger partial charge in [0.2, 0.25) is 0 Å². The summed E-state index contributed by atoms with van der Waals surface area (Å²) >= 11 is 0. The Balaban J connectivity index is 1.84. The molecule has 0 aliphatic carbocycles. The molecule has 3 heterocycles. The van der Waals surface area contributed by atoms with Crippen molar-refractivity contribution in [3.63, 3.8) is 0 Å². The minimum absolute atomic E-state index is 0.984. The Kier molecular flexibility index (Phi) is 3.37. The molecule has 3 heteroatoms. The van der Waals surface area contributed by atoms with Gasteiger partial charge in [-0.05, 0) is 19.3 Å². The second kappa shape index (κ2) is 5.85. The quantitative estimate of drug-likeness (QED) is 0.513. The van der Waals surface area contributed by atoms with E-state index in [-0.39, 0.29) is 0 Å². The van der Waals surface area contributed by atoms with Crippen LogP contribution in [0.25, 0.3) is 33.3 Å². The molecule has 2 aromatic carbocycles. The van der Waals surface area contributed by atoms with Gasteiger partial charge in [0.25, 0.3) is 0 Å². The van der Waals surface area contributed by atoms with E-state index in [1.165, 1.54) is 29.3 Å². The zero-order chi connectivity index (χ0) is 16.6. The summed E-state index contributed by atoms with van der Waals surface area (Å²) in [7, 11) is 0. The van der Waals surface area contributed by atoms with E-state index < -0.39 is 0 Å². The van der Waals surface area contributed by atoms with E-state index in [9.17, 15) is 0 Å². The van der Waals surface area contributed by atoms with Crippen molar-refractivity contribution in [3.05, 3.63) is 72.6 Å². The van der Waals surface area contributed by atoms with E-state index in [0.29, 0.717) is 0 Å². The summed E-state index contributed by atoms with van der Waals surface area (Å²) in [4.78, 5) is 0. The Labute approximate surface area is 147 Å². The third kappa shape index (κ3) is 2.35. The van der Waals surface area contributed by atoms with Crippen molar-refractivity contribution in [2.45, 2.75) is 25.8 Å². The number of benzene rings is 2. The second-order valence-electron chi connectivity index (χ2n) is 6.64. The molecule has 0 spiro atoms. The predicted octanol–water partition coefficient (Wildman–Crippen LogP) is 5.10. The number of fused-ring (bicyclic) bond motifs is 3. The third-order valence-electron chi connectivity index (χ3n) is 5.09. The summed E-state index contributed by atoms with van der Waals surface area (Å²) in [6.07, 6.45) is 5.89. The van der Waals surface area contributed by atoms with Crippen LogP contribution in [-0.4, -0.2) is 14.8 Å². The maximum atomic E-state index is 4.67. The maximum Gasteiger partial charge on any atom is 0.103 e. The molecule has 122 valence electrons. The SMILES string of the molecule is c1ccc(-c2nnc(-c3ccccc3)c3c4n(cc23)CCCC4)cc1. The van der Waals surface area contributed by atoms with Gasteiger partial charge in [0.15, 0.2) is 0 Å². The fourth-order valence-electron chi connectivity index (χ4n) is 3.90. The molecular weight excluding hydrogens is 306 g/mol. The topological polar surface area (TPSA) is 30.7 Å². The molecule has 3 nitrogen and oxygen atoms in total. The molecular formula is C22H19N3. The van der Waals surface area contributed by atoms with Gasteiger partial charge in [-0.2, -0.15) is 0 Å². The lowest BCUT2D eigenvalue weighted by Crippen LogP contribution is -2.08. The van der Waals surface area contributed by atoms with E-state index in [0.717, 1.165) is 35.5 Å². The first-order valence-electron chi connectivity index (χ1n) is 8.91. The van der Waals surface area contributed by atoms with Gasteiger partial charge in [0.1, 0.15) is 11.4 Å². The molecule has 0 fully saturated rings. The average molecular weight is 325 g/mol. The second-order valence-corrected chi connectivity index (χ2v) is 6.64. The van der Waals surface area contributed by atoms with E-state index >= 15 is 0 Å². The van der Waals surface area contributed by atoms with Gasteiger partial charge in [0, 0.05) is 40.3 Å². The predicted molar refractivity (Wildman–Crippen MR) is 101 cm³/mol. The van der Waals surface area contributed by atoms with Crippen molar-refractivity contribution < 1.29 is 0 Å². The van der Waals surface area contributed by atoms with Crippen molar-refractivity contribution >= 4 is 10.8 Å². The average Bonchev–Trinajstić information content (AvgIpc) is 3.08. The summed E-state index contributed by atoms with van der Waals surface area (Å²) < 4.78 is 2.41. The Bertz CT molecular complexity index is 1030. The molecule has 1 aliphatic heterocycles. The minimum atomic E-state index is 0.984. The molecule has 2 aromatic heterocycles. The minimum Gasteiger partial charge on any atom is -0.350 e. The van der Waals surface area contributed by atoms with Gasteiger partial charge in [-0.1, -0.05) is 60.7 Å². The maximum absolute atomic E-state index is 4.67. The summed E-state index contributed by atoms with van der Waals surface area (Å²) in [6, 6.07) is 20.8. The lowest BCUT2D eigenvalue weighted by Gasteiger charge is -2.15. The smallest absolute Gasteiger partial charge is 0.103 e. The standard InChI is InChI=1S/C22H19N3/c1-3-9-16(10-4-1)21-18-15-25-14-8-7-13-19(25)20(18)22(24-23-21)17-11-5-2-6-12-17/h1-6,9-12,15H,7-8,13-14H2. The Morgan fingerprint density at radius 1 is 0.720 bits per heavy atom. The first kappa shape index (κ1) is 14.4. The van der Waals surface area contributed by atoms with Crippen molar-refractivity contribution in [2.75, 3.05) is 0 Å². The molecule has 0 saturated carbocycles. The fraction of sp³-hybridized carbons (Fsp3) is 0.182. The van der Waals surface area contributed by atoms with Gasteiger partial charge < -0.3 is 4.57 Å². The van der Waals surface area contributed by atoms with E-state index in [4.69, 9.17) is 0 Å². The van der Waals surface area contributed by atoms with Gasteiger partial charge in [0.05, 0.1) is 0 Å². The van der Waals surface area contributed by atoms with Gasteiger partial charge in [-0.3, -0.25) is 0 Å². The summed E-state index contributed by atoms with van der Waals surface area (Å²) in [5.41, 5.74) is 5.66. The largest absolute Gasteiger partial charge is 0.350 e. The Morgan fingerprint density at radius 2 is 1.36 bits per heavy atom. The Morgan fingerprint density at radius 3 is 2.08 bits per heavy atom. The number of hydrogen-bond acceptors (Lipinski definition) is 2. The first-order chi connectivity index (χ1) is 12.4. The van der Waals surface area contributed by atoms with Crippen LogP contribution in [0.3, 0.4) is 0 Å². The van der Waals surface area contributed by atoms with Crippen molar-refractivity contribution in [3.8, 4) is 22.5 Å². The number of rotatable bonds is 2. The Hall–Kier alpha value is -2.94. The molecule has 0 saturated heterocycles. The zero-order valence-electron chi connectivity index (χ0n) is 14.0.